The number of benzene rings is 2. The Morgan fingerprint density at radius 2 is 1.84 bits per heavy atom. The highest BCUT2D eigenvalue weighted by atomic mass is 79.9. The molecule has 2 aromatic rings. The largest absolute Gasteiger partial charge is 0.493 e. The van der Waals surface area contributed by atoms with Crippen LogP contribution in [0.1, 0.15) is 10.4 Å². The van der Waals surface area contributed by atoms with Crippen LogP contribution < -0.4 is 23.8 Å². The minimum atomic E-state index is -0.179. The molecule has 0 atom stereocenters. The third-order valence-corrected chi connectivity index (χ3v) is 4.76. The first-order chi connectivity index (χ1) is 12.1. The summed E-state index contributed by atoms with van der Waals surface area (Å²) >= 11 is 3.46. The first kappa shape index (κ1) is 17.4. The van der Waals surface area contributed by atoms with Crippen molar-refractivity contribution in [2.75, 3.05) is 39.4 Å². The van der Waals surface area contributed by atoms with Gasteiger partial charge in [-0.2, -0.15) is 0 Å². The van der Waals surface area contributed by atoms with Crippen LogP contribution in [0.4, 0.5) is 5.69 Å². The number of fused-ring (bicyclic) bond motifs is 1. The van der Waals surface area contributed by atoms with E-state index in [9.17, 15) is 4.79 Å². The number of methoxy groups -OCH3 is 3. The first-order valence-electron chi connectivity index (χ1n) is 7.64. The SMILES string of the molecule is COc1cc(C(=O)N2CCOc3ccccc32)c(Br)c(OC)c1OC. The minimum Gasteiger partial charge on any atom is -0.493 e. The highest BCUT2D eigenvalue weighted by molar-refractivity contribution is 9.10. The summed E-state index contributed by atoms with van der Waals surface area (Å²) in [7, 11) is 4.55. The van der Waals surface area contributed by atoms with Crippen LogP contribution in [0.2, 0.25) is 0 Å². The minimum absolute atomic E-state index is 0.179. The van der Waals surface area contributed by atoms with E-state index in [1.165, 1.54) is 21.3 Å². The Morgan fingerprint density at radius 1 is 1.12 bits per heavy atom. The van der Waals surface area contributed by atoms with Crippen LogP contribution in [0, 0.1) is 0 Å². The maximum atomic E-state index is 13.2. The Balaban J connectivity index is 2.10. The number of rotatable bonds is 4. The van der Waals surface area contributed by atoms with Gasteiger partial charge in [-0.15, -0.1) is 0 Å². The molecule has 0 unspecified atom stereocenters. The van der Waals surface area contributed by atoms with Gasteiger partial charge >= 0.3 is 0 Å². The van der Waals surface area contributed by atoms with E-state index in [2.05, 4.69) is 15.9 Å². The summed E-state index contributed by atoms with van der Waals surface area (Å²) in [5.74, 6) is 1.77. The summed E-state index contributed by atoms with van der Waals surface area (Å²) in [6, 6.07) is 9.10. The standard InChI is InChI=1S/C18H18BrNO5/c1-22-14-10-11(15(19)17(24-3)16(14)23-2)18(21)20-8-9-25-13-7-5-4-6-12(13)20/h4-7,10H,8-9H2,1-3H3. The Morgan fingerprint density at radius 3 is 2.52 bits per heavy atom. The summed E-state index contributed by atoms with van der Waals surface area (Å²) < 4.78 is 22.3. The fourth-order valence-corrected chi connectivity index (χ4v) is 3.43. The molecule has 0 aromatic heterocycles. The van der Waals surface area contributed by atoms with Crippen LogP contribution in [0.25, 0.3) is 0 Å². The van der Waals surface area contributed by atoms with Crippen LogP contribution >= 0.6 is 15.9 Å². The number of carbonyl (C=O) groups excluding carboxylic acids is 1. The highest BCUT2D eigenvalue weighted by Crippen LogP contribution is 2.45. The Hall–Kier alpha value is -2.41. The van der Waals surface area contributed by atoms with E-state index in [4.69, 9.17) is 18.9 Å². The fraction of sp³-hybridized carbons (Fsp3) is 0.278. The molecule has 3 rings (SSSR count). The van der Waals surface area contributed by atoms with E-state index in [1.54, 1.807) is 11.0 Å². The molecule has 0 aliphatic carbocycles. The lowest BCUT2D eigenvalue weighted by atomic mass is 10.1. The Labute approximate surface area is 154 Å². The van der Waals surface area contributed by atoms with E-state index in [-0.39, 0.29) is 5.91 Å². The van der Waals surface area contributed by atoms with Crippen LogP contribution in [0.3, 0.4) is 0 Å². The Kier molecular flexibility index (Phi) is 5.03. The van der Waals surface area contributed by atoms with E-state index in [0.717, 1.165) is 5.69 Å². The normalized spacial score (nSPS) is 12.9. The molecule has 1 aliphatic rings. The zero-order valence-corrected chi connectivity index (χ0v) is 15.8. The Bertz CT molecular complexity index is 808. The van der Waals surface area contributed by atoms with Crippen LogP contribution in [0.15, 0.2) is 34.8 Å². The summed E-state index contributed by atoms with van der Waals surface area (Å²) in [6.45, 7) is 0.893. The third kappa shape index (κ3) is 3.00. The maximum absolute atomic E-state index is 13.2. The lowest BCUT2D eigenvalue weighted by molar-refractivity contribution is 0.0975. The van der Waals surface area contributed by atoms with Crippen molar-refractivity contribution in [3.63, 3.8) is 0 Å². The van der Waals surface area contributed by atoms with Crippen molar-refractivity contribution >= 4 is 27.5 Å². The van der Waals surface area contributed by atoms with Gasteiger partial charge in [0.15, 0.2) is 11.5 Å². The molecule has 1 amide bonds. The second kappa shape index (κ2) is 7.23. The highest BCUT2D eigenvalue weighted by Gasteiger charge is 2.29. The van der Waals surface area contributed by atoms with Gasteiger partial charge in [0.05, 0.1) is 43.6 Å². The topological polar surface area (TPSA) is 57.2 Å². The summed E-state index contributed by atoms with van der Waals surface area (Å²) in [5, 5.41) is 0. The summed E-state index contributed by atoms with van der Waals surface area (Å²) in [5.41, 5.74) is 1.16. The van der Waals surface area contributed by atoms with E-state index in [0.29, 0.717) is 46.2 Å². The zero-order valence-electron chi connectivity index (χ0n) is 14.2. The van der Waals surface area contributed by atoms with Crippen molar-refractivity contribution in [3.8, 4) is 23.0 Å². The number of hydrogen-bond donors (Lipinski definition) is 0. The number of para-hydroxylation sites is 2. The van der Waals surface area contributed by atoms with Gasteiger partial charge in [0.25, 0.3) is 5.91 Å². The van der Waals surface area contributed by atoms with Gasteiger partial charge in [-0.1, -0.05) is 12.1 Å². The van der Waals surface area contributed by atoms with Crippen molar-refractivity contribution in [2.45, 2.75) is 0 Å². The van der Waals surface area contributed by atoms with Gasteiger partial charge in [0.2, 0.25) is 5.75 Å². The number of halogens is 1. The second-order valence-corrected chi connectivity index (χ2v) is 6.07. The molecule has 0 bridgehead atoms. The van der Waals surface area contributed by atoms with Gasteiger partial charge in [0, 0.05) is 0 Å². The molecule has 0 saturated heterocycles. The predicted molar refractivity (Wildman–Crippen MR) is 97.4 cm³/mol. The molecule has 0 saturated carbocycles. The van der Waals surface area contributed by atoms with Crippen molar-refractivity contribution < 1.29 is 23.7 Å². The molecule has 0 radical (unpaired) electrons. The van der Waals surface area contributed by atoms with E-state index in [1.807, 2.05) is 24.3 Å². The molecule has 6 nitrogen and oxygen atoms in total. The first-order valence-corrected chi connectivity index (χ1v) is 8.43. The average Bonchev–Trinajstić information content (AvgIpc) is 2.66. The van der Waals surface area contributed by atoms with Crippen molar-refractivity contribution in [1.82, 2.24) is 0 Å². The van der Waals surface area contributed by atoms with Crippen LogP contribution in [-0.2, 0) is 0 Å². The molecule has 0 fully saturated rings. The molecular weight excluding hydrogens is 390 g/mol. The lowest BCUT2D eigenvalue weighted by Crippen LogP contribution is -2.38. The third-order valence-electron chi connectivity index (χ3n) is 3.97. The molecule has 25 heavy (non-hydrogen) atoms. The number of carbonyl (C=O) groups is 1. The summed E-state index contributed by atoms with van der Waals surface area (Å²) in [6.07, 6.45) is 0. The number of ether oxygens (including phenoxy) is 4. The van der Waals surface area contributed by atoms with Crippen molar-refractivity contribution in [2.24, 2.45) is 0 Å². The number of amides is 1. The number of anilines is 1. The molecule has 0 N–H and O–H groups in total. The zero-order chi connectivity index (χ0) is 18.0. The van der Waals surface area contributed by atoms with Crippen LogP contribution in [0.5, 0.6) is 23.0 Å². The fourth-order valence-electron chi connectivity index (χ4n) is 2.80. The molecule has 2 aromatic carbocycles. The lowest BCUT2D eigenvalue weighted by Gasteiger charge is -2.30. The predicted octanol–water partition coefficient (Wildman–Crippen LogP) is 3.51. The van der Waals surface area contributed by atoms with Gasteiger partial charge in [-0.25, -0.2) is 0 Å². The molecule has 1 aliphatic heterocycles. The van der Waals surface area contributed by atoms with Crippen LogP contribution in [-0.4, -0.2) is 40.4 Å². The number of hydrogen-bond acceptors (Lipinski definition) is 5. The molecule has 1 heterocycles. The number of nitrogens with zero attached hydrogens (tertiary/aromatic N) is 1. The maximum Gasteiger partial charge on any atom is 0.259 e. The van der Waals surface area contributed by atoms with E-state index < -0.39 is 0 Å². The second-order valence-electron chi connectivity index (χ2n) is 5.28. The quantitative estimate of drug-likeness (QED) is 0.775. The monoisotopic (exact) mass is 407 g/mol. The van der Waals surface area contributed by atoms with Gasteiger partial charge in [0.1, 0.15) is 12.4 Å². The average molecular weight is 408 g/mol. The smallest absolute Gasteiger partial charge is 0.259 e. The van der Waals surface area contributed by atoms with Gasteiger partial charge < -0.3 is 23.8 Å². The molecular formula is C18H18BrNO5. The van der Waals surface area contributed by atoms with Crippen molar-refractivity contribution in [3.05, 3.63) is 40.4 Å². The van der Waals surface area contributed by atoms with Crippen molar-refractivity contribution in [1.29, 1.82) is 0 Å². The molecule has 132 valence electrons. The molecule has 0 spiro atoms. The molecule has 7 heteroatoms. The van der Waals surface area contributed by atoms with Gasteiger partial charge in [-0.05, 0) is 34.1 Å². The van der Waals surface area contributed by atoms with Gasteiger partial charge in [-0.3, -0.25) is 4.79 Å². The summed E-state index contributed by atoms with van der Waals surface area (Å²) in [4.78, 5) is 14.9. The van der Waals surface area contributed by atoms with E-state index >= 15 is 0 Å².